The number of hydrazine groups is 1. The lowest BCUT2D eigenvalue weighted by Gasteiger charge is -2.10. The summed E-state index contributed by atoms with van der Waals surface area (Å²) in [5, 5.41) is 0. The molecule has 0 atom stereocenters. The van der Waals surface area contributed by atoms with Crippen molar-refractivity contribution in [2.24, 2.45) is 5.84 Å². The first-order chi connectivity index (χ1) is 9.56. The van der Waals surface area contributed by atoms with Crippen molar-refractivity contribution in [1.29, 1.82) is 0 Å². The van der Waals surface area contributed by atoms with E-state index in [0.29, 0.717) is 28.3 Å². The van der Waals surface area contributed by atoms with E-state index in [1.807, 2.05) is 0 Å². The Balaban J connectivity index is 2.49. The molecule has 0 aliphatic carbocycles. The molecule has 1 amide bonds. The largest absolute Gasteiger partial charge is 0.496 e. The van der Waals surface area contributed by atoms with Crippen LogP contribution in [0.25, 0.3) is 11.3 Å². The summed E-state index contributed by atoms with van der Waals surface area (Å²) >= 11 is 0. The van der Waals surface area contributed by atoms with Crippen molar-refractivity contribution in [3.8, 4) is 17.0 Å². The van der Waals surface area contributed by atoms with E-state index in [0.717, 1.165) is 0 Å². The molecule has 2 aromatic rings. The van der Waals surface area contributed by atoms with Gasteiger partial charge in [-0.05, 0) is 31.2 Å². The molecule has 1 heterocycles. The number of pyridine rings is 1. The number of nitrogens with zero attached hydrogens (tertiary/aromatic N) is 1. The maximum Gasteiger partial charge on any atom is 0.267 e. The summed E-state index contributed by atoms with van der Waals surface area (Å²) < 4.78 is 18.3. The molecular formula is C14H14FN3O2. The predicted octanol–water partition coefficient (Wildman–Crippen LogP) is 1.81. The number of hydrogen-bond acceptors (Lipinski definition) is 4. The zero-order chi connectivity index (χ0) is 14.7. The number of rotatable bonds is 3. The lowest BCUT2D eigenvalue weighted by Crippen LogP contribution is -2.30. The predicted molar refractivity (Wildman–Crippen MR) is 72.6 cm³/mol. The Morgan fingerprint density at radius 3 is 2.70 bits per heavy atom. The average Bonchev–Trinajstić information content (AvgIpc) is 2.46. The number of carbonyl (C=O) groups is 1. The molecule has 0 radical (unpaired) electrons. The Morgan fingerprint density at radius 2 is 2.10 bits per heavy atom. The van der Waals surface area contributed by atoms with Gasteiger partial charge in [0.2, 0.25) is 0 Å². The summed E-state index contributed by atoms with van der Waals surface area (Å²) in [6, 6.07) is 7.47. The molecule has 0 saturated heterocycles. The SMILES string of the molecule is COc1cc(F)ccc1-c1ccc(C(=O)NN)c(C)n1. The van der Waals surface area contributed by atoms with Gasteiger partial charge in [0.1, 0.15) is 11.6 Å². The maximum atomic E-state index is 13.2. The molecule has 104 valence electrons. The van der Waals surface area contributed by atoms with Gasteiger partial charge in [0.05, 0.1) is 24.1 Å². The summed E-state index contributed by atoms with van der Waals surface area (Å²) in [5.74, 6) is 4.68. The van der Waals surface area contributed by atoms with E-state index in [9.17, 15) is 9.18 Å². The van der Waals surface area contributed by atoms with Crippen molar-refractivity contribution in [3.63, 3.8) is 0 Å². The third-order valence-electron chi connectivity index (χ3n) is 2.90. The van der Waals surface area contributed by atoms with Gasteiger partial charge in [-0.15, -0.1) is 0 Å². The van der Waals surface area contributed by atoms with Crippen LogP contribution < -0.4 is 16.0 Å². The number of halogens is 1. The van der Waals surface area contributed by atoms with Crippen molar-refractivity contribution in [3.05, 3.63) is 47.4 Å². The summed E-state index contributed by atoms with van der Waals surface area (Å²) in [5.41, 5.74) is 4.21. The Kier molecular flexibility index (Phi) is 3.95. The van der Waals surface area contributed by atoms with Crippen molar-refractivity contribution >= 4 is 5.91 Å². The summed E-state index contributed by atoms with van der Waals surface area (Å²) in [6.07, 6.45) is 0. The number of nitrogens with two attached hydrogens (primary N) is 1. The van der Waals surface area contributed by atoms with Crippen LogP contribution in [0.15, 0.2) is 30.3 Å². The monoisotopic (exact) mass is 275 g/mol. The number of amides is 1. The second-order valence-corrected chi connectivity index (χ2v) is 4.15. The van der Waals surface area contributed by atoms with Crippen molar-refractivity contribution in [2.75, 3.05) is 7.11 Å². The highest BCUT2D eigenvalue weighted by atomic mass is 19.1. The highest BCUT2D eigenvalue weighted by molar-refractivity contribution is 5.95. The van der Waals surface area contributed by atoms with Crippen molar-refractivity contribution in [1.82, 2.24) is 10.4 Å². The molecule has 20 heavy (non-hydrogen) atoms. The molecule has 5 nitrogen and oxygen atoms in total. The van der Waals surface area contributed by atoms with Crippen LogP contribution in [0.3, 0.4) is 0 Å². The highest BCUT2D eigenvalue weighted by Gasteiger charge is 2.13. The number of benzene rings is 1. The van der Waals surface area contributed by atoms with Crippen LogP contribution in [-0.4, -0.2) is 18.0 Å². The molecule has 3 N–H and O–H groups in total. The zero-order valence-electron chi connectivity index (χ0n) is 11.1. The van der Waals surface area contributed by atoms with Gasteiger partial charge in [-0.2, -0.15) is 0 Å². The lowest BCUT2D eigenvalue weighted by molar-refractivity contribution is 0.0952. The molecule has 0 unspecified atom stereocenters. The minimum atomic E-state index is -0.410. The summed E-state index contributed by atoms with van der Waals surface area (Å²) in [6.45, 7) is 1.70. The van der Waals surface area contributed by atoms with E-state index >= 15 is 0 Å². The molecule has 1 aromatic heterocycles. The van der Waals surface area contributed by atoms with Crippen LogP contribution >= 0.6 is 0 Å². The van der Waals surface area contributed by atoms with Crippen LogP contribution in [0.5, 0.6) is 5.75 Å². The first kappa shape index (κ1) is 14.0. The number of aromatic nitrogens is 1. The fourth-order valence-corrected chi connectivity index (χ4v) is 1.91. The van der Waals surface area contributed by atoms with Gasteiger partial charge in [0.25, 0.3) is 5.91 Å². The van der Waals surface area contributed by atoms with Gasteiger partial charge in [0.15, 0.2) is 0 Å². The van der Waals surface area contributed by atoms with E-state index in [4.69, 9.17) is 10.6 Å². The van der Waals surface area contributed by atoms with Gasteiger partial charge in [-0.25, -0.2) is 10.2 Å². The first-order valence-electron chi connectivity index (χ1n) is 5.89. The number of methoxy groups -OCH3 is 1. The molecule has 6 heteroatoms. The Hall–Kier alpha value is -2.47. The second-order valence-electron chi connectivity index (χ2n) is 4.15. The van der Waals surface area contributed by atoms with E-state index in [2.05, 4.69) is 10.4 Å². The number of aryl methyl sites for hydroxylation is 1. The number of nitrogen functional groups attached to an aromatic ring is 1. The molecule has 0 bridgehead atoms. The number of carbonyl (C=O) groups excluding carboxylic acids is 1. The Labute approximate surface area is 115 Å². The van der Waals surface area contributed by atoms with Gasteiger partial charge in [0, 0.05) is 11.6 Å². The zero-order valence-corrected chi connectivity index (χ0v) is 11.1. The average molecular weight is 275 g/mol. The van der Waals surface area contributed by atoms with Crippen molar-refractivity contribution < 1.29 is 13.9 Å². The Morgan fingerprint density at radius 1 is 1.35 bits per heavy atom. The van der Waals surface area contributed by atoms with Gasteiger partial charge < -0.3 is 4.74 Å². The molecule has 0 spiro atoms. The molecule has 0 aliphatic rings. The minimum absolute atomic E-state index is 0.382. The first-order valence-corrected chi connectivity index (χ1v) is 5.89. The highest BCUT2D eigenvalue weighted by Crippen LogP contribution is 2.29. The fourth-order valence-electron chi connectivity index (χ4n) is 1.91. The van der Waals surface area contributed by atoms with Crippen molar-refractivity contribution in [2.45, 2.75) is 6.92 Å². The fraction of sp³-hybridized carbons (Fsp3) is 0.143. The third kappa shape index (κ3) is 2.60. The third-order valence-corrected chi connectivity index (χ3v) is 2.90. The van der Waals surface area contributed by atoms with Gasteiger partial charge >= 0.3 is 0 Å². The topological polar surface area (TPSA) is 77.2 Å². The molecular weight excluding hydrogens is 261 g/mol. The van der Waals surface area contributed by atoms with Crippen LogP contribution in [0.2, 0.25) is 0 Å². The van der Waals surface area contributed by atoms with Crippen LogP contribution in [0.1, 0.15) is 16.1 Å². The molecule has 2 rings (SSSR count). The molecule has 0 saturated carbocycles. The van der Waals surface area contributed by atoms with E-state index in [-0.39, 0.29) is 5.82 Å². The standard InChI is InChI=1S/C14H14FN3O2/c1-8-10(14(19)18-16)5-6-12(17-8)11-4-3-9(15)7-13(11)20-2/h3-7H,16H2,1-2H3,(H,18,19). The lowest BCUT2D eigenvalue weighted by atomic mass is 10.1. The van der Waals surface area contributed by atoms with Gasteiger partial charge in [-0.3, -0.25) is 15.2 Å². The minimum Gasteiger partial charge on any atom is -0.496 e. The smallest absolute Gasteiger partial charge is 0.267 e. The van der Waals surface area contributed by atoms with E-state index in [1.165, 1.54) is 19.2 Å². The Bertz CT molecular complexity index is 659. The number of hydrogen-bond donors (Lipinski definition) is 2. The van der Waals surface area contributed by atoms with Crippen LogP contribution in [0.4, 0.5) is 4.39 Å². The van der Waals surface area contributed by atoms with Crippen LogP contribution in [0, 0.1) is 12.7 Å². The summed E-state index contributed by atoms with van der Waals surface area (Å²) in [7, 11) is 1.46. The van der Waals surface area contributed by atoms with E-state index < -0.39 is 5.91 Å². The number of nitrogens with one attached hydrogen (secondary N) is 1. The molecule has 0 aliphatic heterocycles. The molecule has 0 fully saturated rings. The van der Waals surface area contributed by atoms with E-state index in [1.54, 1.807) is 25.1 Å². The number of ether oxygens (including phenoxy) is 1. The summed E-state index contributed by atoms with van der Waals surface area (Å²) in [4.78, 5) is 15.8. The maximum absolute atomic E-state index is 13.2. The van der Waals surface area contributed by atoms with Gasteiger partial charge in [-0.1, -0.05) is 0 Å². The normalized spacial score (nSPS) is 10.2. The van der Waals surface area contributed by atoms with Crippen LogP contribution in [-0.2, 0) is 0 Å². The molecule has 1 aromatic carbocycles. The quantitative estimate of drug-likeness (QED) is 0.509. The second kappa shape index (κ2) is 5.66.